The third kappa shape index (κ3) is 3.18. The van der Waals surface area contributed by atoms with Crippen LogP contribution in [0.4, 0.5) is 5.82 Å². The van der Waals surface area contributed by atoms with Crippen LogP contribution in [0.1, 0.15) is 10.4 Å². The lowest BCUT2D eigenvalue weighted by atomic mass is 10.2. The van der Waals surface area contributed by atoms with Gasteiger partial charge in [-0.25, -0.2) is 9.99 Å². The van der Waals surface area contributed by atoms with Crippen molar-refractivity contribution in [3.63, 3.8) is 0 Å². The van der Waals surface area contributed by atoms with Crippen LogP contribution in [0.5, 0.6) is 0 Å². The highest BCUT2D eigenvalue weighted by Gasteiger charge is 2.16. The van der Waals surface area contributed by atoms with Crippen molar-refractivity contribution in [1.82, 2.24) is 20.3 Å². The fourth-order valence-corrected chi connectivity index (χ4v) is 1.80. The minimum Gasteiger partial charge on any atom is -0.373 e. The molecule has 0 aliphatic carbocycles. The topological polar surface area (TPSA) is 60.5 Å². The van der Waals surface area contributed by atoms with Crippen LogP contribution >= 0.6 is 0 Å². The van der Waals surface area contributed by atoms with Crippen molar-refractivity contribution in [2.45, 2.75) is 0 Å². The molecular weight excluding hydrogens is 230 g/mol. The molecule has 6 nitrogen and oxygen atoms in total. The van der Waals surface area contributed by atoms with Crippen LogP contribution in [0.25, 0.3) is 0 Å². The largest absolute Gasteiger partial charge is 0.373 e. The van der Waals surface area contributed by atoms with Gasteiger partial charge in [0.1, 0.15) is 5.82 Å². The zero-order valence-corrected chi connectivity index (χ0v) is 10.8. The van der Waals surface area contributed by atoms with E-state index in [4.69, 9.17) is 0 Å². The maximum atomic E-state index is 12.0. The fraction of sp³-hybridized carbons (Fsp3) is 0.500. The molecule has 98 valence electrons. The maximum absolute atomic E-state index is 12.0. The molecule has 2 rings (SSSR count). The summed E-state index contributed by atoms with van der Waals surface area (Å²) in [5.41, 5.74) is 3.48. The van der Waals surface area contributed by atoms with Gasteiger partial charge in [0, 0.05) is 39.4 Å². The van der Waals surface area contributed by atoms with Gasteiger partial charge in [0.2, 0.25) is 0 Å². The van der Waals surface area contributed by atoms with Gasteiger partial charge < -0.3 is 10.2 Å². The first-order valence-electron chi connectivity index (χ1n) is 6.07. The van der Waals surface area contributed by atoms with Crippen LogP contribution < -0.4 is 10.7 Å². The Morgan fingerprint density at radius 2 is 2.00 bits per heavy atom. The first kappa shape index (κ1) is 12.8. The van der Waals surface area contributed by atoms with E-state index in [-0.39, 0.29) is 5.91 Å². The van der Waals surface area contributed by atoms with Gasteiger partial charge in [-0.2, -0.15) is 0 Å². The number of amides is 1. The average molecular weight is 249 g/mol. The number of carbonyl (C=O) groups is 1. The summed E-state index contributed by atoms with van der Waals surface area (Å²) in [4.78, 5) is 18.3. The predicted octanol–water partition coefficient (Wildman–Crippen LogP) is 0.0155. The zero-order valence-electron chi connectivity index (χ0n) is 10.8. The molecule has 18 heavy (non-hydrogen) atoms. The SMILES string of the molecule is CNc1ccc(C(=O)NN2CCN(C)CC2)cn1. The zero-order chi connectivity index (χ0) is 13.0. The molecule has 1 saturated heterocycles. The van der Waals surface area contributed by atoms with Crippen molar-refractivity contribution in [2.75, 3.05) is 45.6 Å². The van der Waals surface area contributed by atoms with E-state index >= 15 is 0 Å². The molecule has 0 bridgehead atoms. The van der Waals surface area contributed by atoms with E-state index in [1.807, 2.05) is 5.01 Å². The first-order valence-corrected chi connectivity index (χ1v) is 6.07. The molecule has 0 aromatic carbocycles. The highest BCUT2D eigenvalue weighted by molar-refractivity contribution is 5.93. The quantitative estimate of drug-likeness (QED) is 0.790. The number of pyridine rings is 1. The number of hydrogen-bond acceptors (Lipinski definition) is 5. The molecule has 0 atom stereocenters. The summed E-state index contributed by atoms with van der Waals surface area (Å²) in [7, 11) is 3.88. The normalized spacial score (nSPS) is 17.4. The number of piperazine rings is 1. The van der Waals surface area contributed by atoms with Crippen molar-refractivity contribution in [2.24, 2.45) is 0 Å². The summed E-state index contributed by atoms with van der Waals surface area (Å²) in [6, 6.07) is 3.56. The number of nitrogens with zero attached hydrogens (tertiary/aromatic N) is 3. The van der Waals surface area contributed by atoms with Crippen molar-refractivity contribution < 1.29 is 4.79 Å². The minimum atomic E-state index is -0.102. The van der Waals surface area contributed by atoms with Gasteiger partial charge in [-0.3, -0.25) is 10.2 Å². The van der Waals surface area contributed by atoms with E-state index in [9.17, 15) is 4.79 Å². The van der Waals surface area contributed by atoms with E-state index in [1.54, 1.807) is 25.4 Å². The van der Waals surface area contributed by atoms with Crippen LogP contribution in [0.15, 0.2) is 18.3 Å². The lowest BCUT2D eigenvalue weighted by molar-refractivity contribution is 0.0662. The molecule has 1 aliphatic rings. The molecule has 2 N–H and O–H groups in total. The number of aromatic nitrogens is 1. The number of hydrazine groups is 1. The summed E-state index contributed by atoms with van der Waals surface area (Å²) in [5.74, 6) is 0.654. The van der Waals surface area contributed by atoms with Crippen LogP contribution in [-0.4, -0.2) is 61.1 Å². The second kappa shape index (κ2) is 5.79. The first-order chi connectivity index (χ1) is 8.69. The van der Waals surface area contributed by atoms with Crippen molar-refractivity contribution in [1.29, 1.82) is 0 Å². The number of rotatable bonds is 3. The van der Waals surface area contributed by atoms with Crippen molar-refractivity contribution in [3.05, 3.63) is 23.9 Å². The molecule has 0 spiro atoms. The highest BCUT2D eigenvalue weighted by Crippen LogP contribution is 2.04. The third-order valence-electron chi connectivity index (χ3n) is 3.04. The number of likely N-dealkylation sites (N-methyl/N-ethyl adjacent to an activating group) is 1. The van der Waals surface area contributed by atoms with E-state index in [0.717, 1.165) is 32.0 Å². The average Bonchev–Trinajstić information content (AvgIpc) is 2.41. The van der Waals surface area contributed by atoms with E-state index in [2.05, 4.69) is 27.7 Å². The van der Waals surface area contributed by atoms with E-state index < -0.39 is 0 Å². The number of anilines is 1. The highest BCUT2D eigenvalue weighted by atomic mass is 16.2. The second-order valence-corrected chi connectivity index (χ2v) is 4.41. The van der Waals surface area contributed by atoms with Crippen LogP contribution in [0.3, 0.4) is 0 Å². The Balaban J connectivity index is 1.90. The summed E-state index contributed by atoms with van der Waals surface area (Å²) in [6.07, 6.45) is 1.58. The number of carbonyl (C=O) groups excluding carboxylic acids is 1. The van der Waals surface area contributed by atoms with Crippen LogP contribution in [-0.2, 0) is 0 Å². The molecule has 1 aromatic heterocycles. The third-order valence-corrected chi connectivity index (χ3v) is 3.04. The maximum Gasteiger partial charge on any atom is 0.267 e. The van der Waals surface area contributed by atoms with Gasteiger partial charge >= 0.3 is 0 Å². The Morgan fingerprint density at radius 3 is 2.56 bits per heavy atom. The minimum absolute atomic E-state index is 0.102. The van der Waals surface area contributed by atoms with E-state index in [1.165, 1.54) is 0 Å². The summed E-state index contributed by atoms with van der Waals surface area (Å²) >= 11 is 0. The molecule has 1 fully saturated rings. The van der Waals surface area contributed by atoms with Crippen molar-refractivity contribution >= 4 is 11.7 Å². The fourth-order valence-electron chi connectivity index (χ4n) is 1.80. The van der Waals surface area contributed by atoms with Gasteiger partial charge in [0.05, 0.1) is 5.56 Å². The molecular formula is C12H19N5O. The Labute approximate surface area is 107 Å². The molecule has 0 radical (unpaired) electrons. The lowest BCUT2D eigenvalue weighted by Gasteiger charge is -2.32. The van der Waals surface area contributed by atoms with Crippen LogP contribution in [0.2, 0.25) is 0 Å². The van der Waals surface area contributed by atoms with E-state index in [0.29, 0.717) is 5.56 Å². The van der Waals surface area contributed by atoms with Crippen LogP contribution in [0, 0.1) is 0 Å². The molecule has 1 amide bonds. The Kier molecular flexibility index (Phi) is 4.11. The van der Waals surface area contributed by atoms with Gasteiger partial charge in [-0.15, -0.1) is 0 Å². The number of hydrogen-bond donors (Lipinski definition) is 2. The Morgan fingerprint density at radius 1 is 1.28 bits per heavy atom. The molecule has 2 heterocycles. The molecule has 0 saturated carbocycles. The molecule has 1 aliphatic heterocycles. The van der Waals surface area contributed by atoms with Gasteiger partial charge in [0.15, 0.2) is 0 Å². The van der Waals surface area contributed by atoms with Crippen molar-refractivity contribution in [3.8, 4) is 0 Å². The summed E-state index contributed by atoms with van der Waals surface area (Å²) in [6.45, 7) is 3.64. The smallest absolute Gasteiger partial charge is 0.267 e. The standard InChI is InChI=1S/C12H19N5O/c1-13-11-4-3-10(9-14-11)12(18)15-17-7-5-16(2)6-8-17/h3-4,9H,5-8H2,1-2H3,(H,13,14)(H,15,18). The van der Waals surface area contributed by atoms with Gasteiger partial charge in [0.25, 0.3) is 5.91 Å². The predicted molar refractivity (Wildman–Crippen MR) is 70.3 cm³/mol. The van der Waals surface area contributed by atoms with Gasteiger partial charge in [-0.1, -0.05) is 0 Å². The Hall–Kier alpha value is -1.66. The Bertz CT molecular complexity index is 397. The lowest BCUT2D eigenvalue weighted by Crippen LogP contribution is -2.52. The summed E-state index contributed by atoms with van der Waals surface area (Å²) in [5, 5.41) is 4.87. The molecule has 1 aromatic rings. The second-order valence-electron chi connectivity index (χ2n) is 4.41. The van der Waals surface area contributed by atoms with Gasteiger partial charge in [-0.05, 0) is 19.2 Å². The number of nitrogens with one attached hydrogen (secondary N) is 2. The molecule has 6 heteroatoms. The summed E-state index contributed by atoms with van der Waals surface area (Å²) < 4.78 is 0. The monoisotopic (exact) mass is 249 g/mol. The molecule has 0 unspecified atom stereocenters.